The summed E-state index contributed by atoms with van der Waals surface area (Å²) in [6.07, 6.45) is 3.03. The summed E-state index contributed by atoms with van der Waals surface area (Å²) in [5.74, 6) is -0.903. The van der Waals surface area contributed by atoms with Crippen molar-refractivity contribution in [3.8, 4) is 0 Å². The molecule has 2 atom stereocenters. The van der Waals surface area contributed by atoms with E-state index in [1.54, 1.807) is 0 Å². The van der Waals surface area contributed by atoms with Gasteiger partial charge >= 0.3 is 5.97 Å². The molecule has 1 aliphatic carbocycles. The van der Waals surface area contributed by atoms with Crippen LogP contribution in [0.25, 0.3) is 0 Å². The minimum Gasteiger partial charge on any atom is -0.466 e. The molecule has 0 bridgehead atoms. The van der Waals surface area contributed by atoms with Crippen molar-refractivity contribution in [1.82, 2.24) is 0 Å². The van der Waals surface area contributed by atoms with Crippen LogP contribution in [0.15, 0.2) is 24.3 Å². The minimum atomic E-state index is -1.68. The van der Waals surface area contributed by atoms with E-state index in [0.29, 0.717) is 0 Å². The van der Waals surface area contributed by atoms with Crippen molar-refractivity contribution in [3.05, 3.63) is 24.3 Å². The van der Waals surface area contributed by atoms with E-state index >= 15 is 0 Å². The van der Waals surface area contributed by atoms with Gasteiger partial charge in [-0.3, -0.25) is 4.79 Å². The molecule has 0 saturated heterocycles. The summed E-state index contributed by atoms with van der Waals surface area (Å²) in [6, 6.07) is 0. The lowest BCUT2D eigenvalue weighted by molar-refractivity contribution is -0.135. The van der Waals surface area contributed by atoms with Crippen molar-refractivity contribution in [2.45, 2.75) is 18.1 Å². The Morgan fingerprint density at radius 1 is 1.73 bits per heavy atom. The molecular weight excluding hydrogens is 200 g/mol. The molecule has 5 nitrogen and oxygen atoms in total. The SMILES string of the molecule is COC(=O)C=CC1(O)C=CC(=O)CC1O. The highest BCUT2D eigenvalue weighted by atomic mass is 16.5. The number of carbonyl (C=O) groups excluding carboxylic acids is 2. The van der Waals surface area contributed by atoms with Crippen LogP contribution >= 0.6 is 0 Å². The summed E-state index contributed by atoms with van der Waals surface area (Å²) in [4.78, 5) is 21.7. The molecule has 15 heavy (non-hydrogen) atoms. The average molecular weight is 212 g/mol. The first kappa shape index (κ1) is 11.6. The van der Waals surface area contributed by atoms with Crippen molar-refractivity contribution in [2.24, 2.45) is 0 Å². The topological polar surface area (TPSA) is 83.8 Å². The maximum atomic E-state index is 10.9. The fourth-order valence-electron chi connectivity index (χ4n) is 1.20. The van der Waals surface area contributed by atoms with E-state index in [9.17, 15) is 19.8 Å². The molecule has 0 radical (unpaired) electrons. The van der Waals surface area contributed by atoms with Gasteiger partial charge in [-0.15, -0.1) is 0 Å². The van der Waals surface area contributed by atoms with Crippen LogP contribution in [-0.2, 0) is 14.3 Å². The van der Waals surface area contributed by atoms with Gasteiger partial charge in [0.25, 0.3) is 0 Å². The van der Waals surface area contributed by atoms with Crippen LogP contribution in [0.5, 0.6) is 0 Å². The van der Waals surface area contributed by atoms with Crippen molar-refractivity contribution in [1.29, 1.82) is 0 Å². The predicted octanol–water partition coefficient (Wildman–Crippen LogP) is -0.663. The lowest BCUT2D eigenvalue weighted by Gasteiger charge is -2.28. The highest BCUT2D eigenvalue weighted by Gasteiger charge is 2.34. The molecule has 2 N–H and O–H groups in total. The number of allylic oxidation sites excluding steroid dienone is 1. The number of rotatable bonds is 2. The minimum absolute atomic E-state index is 0.168. The van der Waals surface area contributed by atoms with Crippen LogP contribution in [0.1, 0.15) is 6.42 Å². The quantitative estimate of drug-likeness (QED) is 0.469. The zero-order chi connectivity index (χ0) is 11.5. The Labute approximate surface area is 86.7 Å². The molecule has 0 aliphatic heterocycles. The van der Waals surface area contributed by atoms with Crippen LogP contribution in [-0.4, -0.2) is 40.8 Å². The molecule has 1 aliphatic rings. The first-order valence-electron chi connectivity index (χ1n) is 4.37. The van der Waals surface area contributed by atoms with Gasteiger partial charge in [-0.25, -0.2) is 4.79 Å². The molecule has 82 valence electrons. The predicted molar refractivity (Wildman–Crippen MR) is 50.9 cm³/mol. The zero-order valence-corrected chi connectivity index (χ0v) is 8.21. The number of hydrogen-bond donors (Lipinski definition) is 2. The molecule has 0 aromatic heterocycles. The van der Waals surface area contributed by atoms with Crippen molar-refractivity contribution >= 4 is 11.8 Å². The monoisotopic (exact) mass is 212 g/mol. The molecule has 0 amide bonds. The van der Waals surface area contributed by atoms with E-state index in [1.807, 2.05) is 0 Å². The summed E-state index contributed by atoms with van der Waals surface area (Å²) in [7, 11) is 1.20. The number of ketones is 1. The van der Waals surface area contributed by atoms with E-state index in [2.05, 4.69) is 4.74 Å². The molecule has 0 spiro atoms. The Bertz CT molecular complexity index is 331. The largest absolute Gasteiger partial charge is 0.466 e. The maximum Gasteiger partial charge on any atom is 0.330 e. The van der Waals surface area contributed by atoms with Gasteiger partial charge in [0.15, 0.2) is 5.78 Å². The molecule has 1 rings (SSSR count). The first-order valence-corrected chi connectivity index (χ1v) is 4.37. The Morgan fingerprint density at radius 2 is 2.40 bits per heavy atom. The standard InChI is InChI=1S/C10H12O5/c1-15-9(13)3-5-10(14)4-2-7(11)6-8(10)12/h2-5,8,12,14H,6H2,1H3. The summed E-state index contributed by atoms with van der Waals surface area (Å²) < 4.78 is 4.33. The molecule has 0 fully saturated rings. The third kappa shape index (κ3) is 2.74. The van der Waals surface area contributed by atoms with Gasteiger partial charge in [-0.1, -0.05) is 0 Å². The second kappa shape index (κ2) is 4.37. The Balaban J connectivity index is 2.82. The second-order valence-electron chi connectivity index (χ2n) is 3.26. The number of methoxy groups -OCH3 is 1. The summed E-state index contributed by atoms with van der Waals surface area (Å²) >= 11 is 0. The Kier molecular flexibility index (Phi) is 3.39. The van der Waals surface area contributed by atoms with Crippen LogP contribution in [0.4, 0.5) is 0 Å². The van der Waals surface area contributed by atoms with Crippen molar-refractivity contribution in [2.75, 3.05) is 7.11 Å². The average Bonchev–Trinajstić information content (AvgIpc) is 2.21. The highest BCUT2D eigenvalue weighted by Crippen LogP contribution is 2.22. The molecule has 0 aromatic rings. The van der Waals surface area contributed by atoms with Gasteiger partial charge in [0, 0.05) is 12.5 Å². The Hall–Kier alpha value is -1.46. The molecule has 0 aromatic carbocycles. The third-order valence-electron chi connectivity index (χ3n) is 2.15. The molecule has 5 heteroatoms. The second-order valence-corrected chi connectivity index (χ2v) is 3.26. The summed E-state index contributed by atoms with van der Waals surface area (Å²) in [5, 5.41) is 19.3. The number of hydrogen-bond acceptors (Lipinski definition) is 5. The van der Waals surface area contributed by atoms with E-state index in [0.717, 1.165) is 18.2 Å². The van der Waals surface area contributed by atoms with E-state index < -0.39 is 17.7 Å². The summed E-state index contributed by atoms with van der Waals surface area (Å²) in [6.45, 7) is 0. The van der Waals surface area contributed by atoms with Crippen LogP contribution in [0, 0.1) is 0 Å². The van der Waals surface area contributed by atoms with Gasteiger partial charge in [0.2, 0.25) is 0 Å². The number of ether oxygens (including phenoxy) is 1. The van der Waals surface area contributed by atoms with Gasteiger partial charge in [0.1, 0.15) is 5.60 Å². The van der Waals surface area contributed by atoms with Crippen molar-refractivity contribution < 1.29 is 24.5 Å². The molecule has 0 saturated carbocycles. The van der Waals surface area contributed by atoms with E-state index in [-0.39, 0.29) is 12.2 Å². The summed E-state index contributed by atoms with van der Waals surface area (Å²) in [5.41, 5.74) is -1.68. The van der Waals surface area contributed by atoms with Gasteiger partial charge in [-0.05, 0) is 18.2 Å². The lowest BCUT2D eigenvalue weighted by atomic mass is 9.87. The van der Waals surface area contributed by atoms with E-state index in [1.165, 1.54) is 13.2 Å². The maximum absolute atomic E-state index is 10.9. The lowest BCUT2D eigenvalue weighted by Crippen LogP contribution is -2.42. The van der Waals surface area contributed by atoms with Gasteiger partial charge in [0.05, 0.1) is 13.2 Å². The normalized spacial score (nSPS) is 30.9. The smallest absolute Gasteiger partial charge is 0.330 e. The molecular formula is C10H12O5. The Morgan fingerprint density at radius 3 is 2.93 bits per heavy atom. The highest BCUT2D eigenvalue weighted by molar-refractivity contribution is 5.91. The third-order valence-corrected chi connectivity index (χ3v) is 2.15. The fraction of sp³-hybridized carbons (Fsp3) is 0.400. The first-order chi connectivity index (χ1) is 6.98. The zero-order valence-electron chi connectivity index (χ0n) is 8.21. The fourth-order valence-corrected chi connectivity index (χ4v) is 1.20. The molecule has 2 unspecified atom stereocenters. The van der Waals surface area contributed by atoms with Gasteiger partial charge < -0.3 is 14.9 Å². The number of aliphatic hydroxyl groups is 2. The van der Waals surface area contributed by atoms with E-state index in [4.69, 9.17) is 0 Å². The number of esters is 1. The van der Waals surface area contributed by atoms with Crippen LogP contribution in [0.3, 0.4) is 0 Å². The van der Waals surface area contributed by atoms with Crippen molar-refractivity contribution in [3.63, 3.8) is 0 Å². The van der Waals surface area contributed by atoms with Crippen LogP contribution < -0.4 is 0 Å². The van der Waals surface area contributed by atoms with Crippen LogP contribution in [0.2, 0.25) is 0 Å². The van der Waals surface area contributed by atoms with Gasteiger partial charge in [-0.2, -0.15) is 0 Å². The number of aliphatic hydroxyl groups excluding tert-OH is 1. The molecule has 0 heterocycles. The number of carbonyl (C=O) groups is 2.